The number of carboxylic acids is 1. The Labute approximate surface area is 110 Å². The van der Waals surface area contributed by atoms with E-state index in [2.05, 4.69) is 4.98 Å². The largest absolute Gasteiger partial charge is 0.872 e. The molecule has 0 fully saturated rings. The van der Waals surface area contributed by atoms with Gasteiger partial charge >= 0.3 is 0 Å². The summed E-state index contributed by atoms with van der Waals surface area (Å²) >= 11 is 0. The smallest absolute Gasteiger partial charge is 0.194 e. The fourth-order valence-electron chi connectivity index (χ4n) is 1.77. The summed E-state index contributed by atoms with van der Waals surface area (Å²) in [5.41, 5.74) is 1.02. The fourth-order valence-corrected chi connectivity index (χ4v) is 1.77. The molecule has 5 nitrogen and oxygen atoms in total. The Bertz CT molecular complexity index is 562. The number of rotatable bonds is 6. The lowest BCUT2D eigenvalue weighted by atomic mass is 10.1. The molecule has 2 aromatic rings. The first-order chi connectivity index (χ1) is 9.16. The molecule has 0 aliphatic carbocycles. The van der Waals surface area contributed by atoms with Crippen LogP contribution in [-0.4, -0.2) is 11.0 Å². The van der Waals surface area contributed by atoms with Gasteiger partial charge in [0.05, 0.1) is 0 Å². The van der Waals surface area contributed by atoms with Crippen molar-refractivity contribution < 1.29 is 19.4 Å². The topological polar surface area (TPSA) is 89.2 Å². The van der Waals surface area contributed by atoms with E-state index in [1.165, 1.54) is 12.3 Å². The number of unbranched alkanes of at least 4 members (excludes halogenated alkanes) is 1. The number of carboxylic acid groups (broad SMARTS) is 1. The first-order valence-corrected chi connectivity index (χ1v) is 6.07. The van der Waals surface area contributed by atoms with Crippen LogP contribution in [0, 0.1) is 0 Å². The van der Waals surface area contributed by atoms with Gasteiger partial charge in [-0.3, -0.25) is 0 Å². The Morgan fingerprint density at radius 1 is 1.26 bits per heavy atom. The van der Waals surface area contributed by atoms with Gasteiger partial charge in [0.1, 0.15) is 12.0 Å². The molecule has 0 aliphatic heterocycles. The molecular weight excluding hydrogens is 246 g/mol. The van der Waals surface area contributed by atoms with Crippen LogP contribution >= 0.6 is 0 Å². The van der Waals surface area contributed by atoms with E-state index < -0.39 is 5.97 Å². The number of benzene rings is 1. The normalized spacial score (nSPS) is 10.5. The third-order valence-electron chi connectivity index (χ3n) is 2.74. The molecular formula is C14H13NO4-2. The standard InChI is InChI=1S/C14H15NO4/c16-12-6-2-1-5-10(12)11-9-19-13(15-11)7-3-4-8-14(17)18/h1-2,5-6,9,16H,3-4,7-8H2,(H,17,18)/p-2. The highest BCUT2D eigenvalue weighted by Crippen LogP contribution is 2.26. The van der Waals surface area contributed by atoms with Gasteiger partial charge in [-0.25, -0.2) is 4.98 Å². The summed E-state index contributed by atoms with van der Waals surface area (Å²) in [6.07, 6.45) is 3.22. The van der Waals surface area contributed by atoms with Crippen molar-refractivity contribution in [3.05, 3.63) is 36.4 Å². The van der Waals surface area contributed by atoms with Gasteiger partial charge in [0, 0.05) is 12.4 Å². The summed E-state index contributed by atoms with van der Waals surface area (Å²) in [7, 11) is 0. The number of carbonyl (C=O) groups is 1. The number of hydrogen-bond acceptors (Lipinski definition) is 5. The molecule has 5 heteroatoms. The molecule has 100 valence electrons. The van der Waals surface area contributed by atoms with Crippen LogP contribution in [0.1, 0.15) is 25.2 Å². The highest BCUT2D eigenvalue weighted by atomic mass is 16.4. The molecule has 2 rings (SSSR count). The molecule has 0 unspecified atom stereocenters. The van der Waals surface area contributed by atoms with Crippen molar-refractivity contribution in [1.29, 1.82) is 0 Å². The predicted molar refractivity (Wildman–Crippen MR) is 63.9 cm³/mol. The van der Waals surface area contributed by atoms with Crippen LogP contribution in [0.2, 0.25) is 0 Å². The summed E-state index contributed by atoms with van der Waals surface area (Å²) in [6, 6.07) is 6.61. The van der Waals surface area contributed by atoms with E-state index in [1.54, 1.807) is 18.2 Å². The lowest BCUT2D eigenvalue weighted by Crippen LogP contribution is -2.21. The highest BCUT2D eigenvalue weighted by molar-refractivity contribution is 5.65. The maximum atomic E-state index is 11.6. The second-order valence-electron chi connectivity index (χ2n) is 4.20. The van der Waals surface area contributed by atoms with E-state index >= 15 is 0 Å². The van der Waals surface area contributed by atoms with Crippen molar-refractivity contribution >= 4 is 5.97 Å². The summed E-state index contributed by atoms with van der Waals surface area (Å²) in [6.45, 7) is 0. The predicted octanol–water partition coefficient (Wildman–Crippen LogP) is 0.878. The van der Waals surface area contributed by atoms with Crippen molar-refractivity contribution in [2.24, 2.45) is 0 Å². The van der Waals surface area contributed by atoms with E-state index in [1.807, 2.05) is 0 Å². The van der Waals surface area contributed by atoms with Gasteiger partial charge in [-0.1, -0.05) is 30.0 Å². The Hall–Kier alpha value is -2.30. The number of para-hydroxylation sites is 1. The van der Waals surface area contributed by atoms with Crippen LogP contribution < -0.4 is 10.2 Å². The molecule has 19 heavy (non-hydrogen) atoms. The number of oxazole rings is 1. The van der Waals surface area contributed by atoms with Crippen molar-refractivity contribution in [3.63, 3.8) is 0 Å². The zero-order chi connectivity index (χ0) is 13.7. The van der Waals surface area contributed by atoms with Crippen LogP contribution in [-0.2, 0) is 11.2 Å². The van der Waals surface area contributed by atoms with Gasteiger partial charge in [0.2, 0.25) is 0 Å². The lowest BCUT2D eigenvalue weighted by molar-refractivity contribution is -0.305. The minimum Gasteiger partial charge on any atom is -0.872 e. The lowest BCUT2D eigenvalue weighted by Gasteiger charge is -2.09. The monoisotopic (exact) mass is 259 g/mol. The van der Waals surface area contributed by atoms with Gasteiger partial charge in [-0.2, -0.15) is 0 Å². The number of hydrogen-bond donors (Lipinski definition) is 0. The minimum absolute atomic E-state index is 0.0386. The molecule has 1 aromatic carbocycles. The van der Waals surface area contributed by atoms with E-state index in [0.29, 0.717) is 36.4 Å². The van der Waals surface area contributed by atoms with Gasteiger partial charge in [0.25, 0.3) is 0 Å². The number of aromatic nitrogens is 1. The second-order valence-corrected chi connectivity index (χ2v) is 4.20. The quantitative estimate of drug-likeness (QED) is 0.718. The number of nitrogens with zero attached hydrogens (tertiary/aromatic N) is 1. The van der Waals surface area contributed by atoms with Crippen LogP contribution in [0.25, 0.3) is 11.3 Å². The van der Waals surface area contributed by atoms with Crippen molar-refractivity contribution in [1.82, 2.24) is 4.98 Å². The molecule has 0 atom stereocenters. The fraction of sp³-hybridized carbons (Fsp3) is 0.286. The zero-order valence-electron chi connectivity index (χ0n) is 10.3. The number of aliphatic carboxylic acids is 1. The Balaban J connectivity index is 1.96. The SMILES string of the molecule is O=C([O-])CCCCc1nc(-c2ccccc2[O-])co1. The maximum Gasteiger partial charge on any atom is 0.194 e. The van der Waals surface area contributed by atoms with E-state index in [0.717, 1.165) is 0 Å². The van der Waals surface area contributed by atoms with E-state index in [-0.39, 0.29) is 12.2 Å². The highest BCUT2D eigenvalue weighted by Gasteiger charge is 2.06. The summed E-state index contributed by atoms with van der Waals surface area (Å²) in [5, 5.41) is 21.9. The third-order valence-corrected chi connectivity index (χ3v) is 2.74. The Morgan fingerprint density at radius 3 is 2.79 bits per heavy atom. The van der Waals surface area contributed by atoms with Crippen LogP contribution in [0.4, 0.5) is 0 Å². The molecule has 0 N–H and O–H groups in total. The molecule has 0 saturated carbocycles. The third kappa shape index (κ3) is 3.58. The minimum atomic E-state index is -1.05. The molecule has 1 heterocycles. The average molecular weight is 259 g/mol. The van der Waals surface area contributed by atoms with Gasteiger partial charge < -0.3 is 19.4 Å². The first-order valence-electron chi connectivity index (χ1n) is 6.07. The molecule has 0 aliphatic rings. The molecule has 0 radical (unpaired) electrons. The van der Waals surface area contributed by atoms with Crippen molar-refractivity contribution in [3.8, 4) is 17.0 Å². The Kier molecular flexibility index (Phi) is 4.18. The van der Waals surface area contributed by atoms with Crippen LogP contribution in [0.5, 0.6) is 5.75 Å². The molecule has 0 bridgehead atoms. The van der Waals surface area contributed by atoms with Crippen molar-refractivity contribution in [2.45, 2.75) is 25.7 Å². The van der Waals surface area contributed by atoms with E-state index in [9.17, 15) is 15.0 Å². The van der Waals surface area contributed by atoms with Crippen LogP contribution in [0.3, 0.4) is 0 Å². The second kappa shape index (κ2) is 6.04. The van der Waals surface area contributed by atoms with E-state index in [4.69, 9.17) is 4.42 Å². The van der Waals surface area contributed by atoms with Gasteiger partial charge in [0.15, 0.2) is 5.89 Å². The zero-order valence-corrected chi connectivity index (χ0v) is 10.3. The molecule has 0 amide bonds. The maximum absolute atomic E-state index is 11.6. The van der Waals surface area contributed by atoms with Gasteiger partial charge in [-0.05, 0) is 24.8 Å². The van der Waals surface area contributed by atoms with Gasteiger partial charge in [-0.15, -0.1) is 0 Å². The number of aryl methyl sites for hydroxylation is 1. The van der Waals surface area contributed by atoms with Crippen molar-refractivity contribution in [2.75, 3.05) is 0 Å². The molecule has 0 spiro atoms. The molecule has 1 aromatic heterocycles. The summed E-state index contributed by atoms with van der Waals surface area (Å²) < 4.78 is 5.27. The van der Waals surface area contributed by atoms with Crippen LogP contribution in [0.15, 0.2) is 34.9 Å². The average Bonchev–Trinajstić information content (AvgIpc) is 2.83. The summed E-state index contributed by atoms with van der Waals surface area (Å²) in [4.78, 5) is 14.5. The first kappa shape index (κ1) is 13.1. The summed E-state index contributed by atoms with van der Waals surface area (Å²) in [5.74, 6) is -0.635. The molecule has 0 saturated heterocycles. The number of carbonyl (C=O) groups excluding carboxylic acids is 1. The Morgan fingerprint density at radius 2 is 2.05 bits per heavy atom.